The molecule has 2 aliphatic heterocycles. The number of aliphatic hydroxyl groups excluding tert-OH is 2. The standard InChI is InChI=1S/C27H41BrO5/c1-13-9-20(28)27(32-12-13)14(2)21-19(33-27)11-18-17-6-5-15-10-16(29)7-8-25(15,3)22(17)23(30)24(31)26(18,21)4/h13-22,24,29,31H,5-12H2,1-4H3/t13-,14+,15-,16-,17-,18-,19-,20-,21-,22+,24+,25-,26-,27-/m0/s1. The van der Waals surface area contributed by atoms with Gasteiger partial charge in [0.15, 0.2) is 11.6 Å². The van der Waals surface area contributed by atoms with Gasteiger partial charge in [-0.2, -0.15) is 0 Å². The molecule has 6 fully saturated rings. The molecule has 2 saturated heterocycles. The molecule has 6 heteroatoms. The first-order valence-corrected chi connectivity index (χ1v) is 14.3. The van der Waals surface area contributed by atoms with E-state index in [9.17, 15) is 15.0 Å². The van der Waals surface area contributed by atoms with Crippen molar-refractivity contribution in [3.05, 3.63) is 0 Å². The molecule has 1 spiro atoms. The highest BCUT2D eigenvalue weighted by molar-refractivity contribution is 9.09. The van der Waals surface area contributed by atoms with Crippen molar-refractivity contribution < 1.29 is 24.5 Å². The summed E-state index contributed by atoms with van der Waals surface area (Å²) in [5.74, 6) is 1.05. The Bertz CT molecular complexity index is 835. The molecule has 2 N–H and O–H groups in total. The van der Waals surface area contributed by atoms with Crippen molar-refractivity contribution in [1.29, 1.82) is 0 Å². The van der Waals surface area contributed by atoms with Gasteiger partial charge >= 0.3 is 0 Å². The fraction of sp³-hybridized carbons (Fsp3) is 0.963. The van der Waals surface area contributed by atoms with Gasteiger partial charge in [-0.1, -0.05) is 43.6 Å². The van der Waals surface area contributed by atoms with Crippen LogP contribution < -0.4 is 0 Å². The Labute approximate surface area is 206 Å². The number of aliphatic hydroxyl groups is 2. The molecule has 5 nitrogen and oxygen atoms in total. The van der Waals surface area contributed by atoms with E-state index in [2.05, 4.69) is 43.6 Å². The fourth-order valence-corrected chi connectivity index (χ4v) is 11.4. The summed E-state index contributed by atoms with van der Waals surface area (Å²) in [7, 11) is 0. The Kier molecular flexibility index (Phi) is 5.32. The van der Waals surface area contributed by atoms with E-state index < -0.39 is 17.3 Å². The van der Waals surface area contributed by atoms with Gasteiger partial charge in [-0.05, 0) is 74.0 Å². The second-order valence-corrected chi connectivity index (χ2v) is 14.3. The van der Waals surface area contributed by atoms with Crippen LogP contribution in [0, 0.1) is 52.3 Å². The molecule has 0 aromatic rings. The van der Waals surface area contributed by atoms with Crippen LogP contribution in [0.2, 0.25) is 0 Å². The van der Waals surface area contributed by atoms with Gasteiger partial charge in [0, 0.05) is 23.2 Å². The van der Waals surface area contributed by atoms with Gasteiger partial charge in [0.25, 0.3) is 0 Å². The zero-order valence-electron chi connectivity index (χ0n) is 20.5. The monoisotopic (exact) mass is 524 g/mol. The number of fused-ring (bicyclic) bond motifs is 7. The molecule has 2 heterocycles. The van der Waals surface area contributed by atoms with Crippen LogP contribution in [-0.4, -0.2) is 51.5 Å². The number of hydrogen-bond donors (Lipinski definition) is 2. The van der Waals surface area contributed by atoms with Gasteiger partial charge in [-0.25, -0.2) is 0 Å². The average molecular weight is 526 g/mol. The average Bonchev–Trinajstić information content (AvgIpc) is 3.22. The van der Waals surface area contributed by atoms with Gasteiger partial charge in [-0.15, -0.1) is 0 Å². The van der Waals surface area contributed by atoms with Crippen molar-refractivity contribution in [3.63, 3.8) is 0 Å². The SMILES string of the molecule is C[C@@H]1CO[C@@]2(O[C@H]3C[C@H]4[C@@H]5CC[C@H]6C[C@@H](O)CC[C@]6(C)[C@H]5C(=O)[C@@H](O)[C@]4(C)[C@H]3[C@H]2C)[C@@H](Br)C1. The zero-order chi connectivity index (χ0) is 23.5. The molecule has 14 atom stereocenters. The van der Waals surface area contributed by atoms with Gasteiger partial charge in [0.05, 0.1) is 23.6 Å². The van der Waals surface area contributed by atoms with Crippen molar-refractivity contribution >= 4 is 21.7 Å². The Morgan fingerprint density at radius 3 is 2.55 bits per heavy atom. The molecule has 0 amide bonds. The summed E-state index contributed by atoms with van der Waals surface area (Å²) in [5.41, 5.74) is -0.571. The molecule has 6 rings (SSSR count). The van der Waals surface area contributed by atoms with Crippen molar-refractivity contribution in [3.8, 4) is 0 Å². The number of ketones is 1. The van der Waals surface area contributed by atoms with E-state index in [1.54, 1.807) is 0 Å². The number of carbonyl (C=O) groups is 1. The summed E-state index contributed by atoms with van der Waals surface area (Å²) in [4.78, 5) is 14.2. The Balaban J connectivity index is 1.34. The molecule has 4 aliphatic carbocycles. The molecule has 186 valence electrons. The van der Waals surface area contributed by atoms with E-state index in [1.165, 1.54) is 0 Å². The number of halogens is 1. The number of rotatable bonds is 0. The molecule has 0 bridgehead atoms. The van der Waals surface area contributed by atoms with Crippen molar-refractivity contribution in [2.45, 2.75) is 102 Å². The van der Waals surface area contributed by atoms with Gasteiger partial charge in [0.2, 0.25) is 0 Å². The van der Waals surface area contributed by atoms with Crippen LogP contribution in [0.25, 0.3) is 0 Å². The van der Waals surface area contributed by atoms with E-state index >= 15 is 0 Å². The molecule has 0 aromatic heterocycles. The Hall–Kier alpha value is -0.0100. The van der Waals surface area contributed by atoms with Crippen LogP contribution in [0.15, 0.2) is 0 Å². The molecule has 0 unspecified atom stereocenters. The van der Waals surface area contributed by atoms with E-state index in [-0.39, 0.29) is 46.0 Å². The predicted molar refractivity (Wildman–Crippen MR) is 128 cm³/mol. The van der Waals surface area contributed by atoms with Crippen molar-refractivity contribution in [2.75, 3.05) is 6.61 Å². The summed E-state index contributed by atoms with van der Waals surface area (Å²) in [5, 5.41) is 22.1. The summed E-state index contributed by atoms with van der Waals surface area (Å²) in [6.07, 6.45) is 5.38. The minimum Gasteiger partial charge on any atom is -0.393 e. The third-order valence-electron chi connectivity index (χ3n) is 11.7. The second-order valence-electron chi connectivity index (χ2n) is 13.2. The molecular formula is C27H41BrO5. The summed E-state index contributed by atoms with van der Waals surface area (Å²) < 4.78 is 13.3. The van der Waals surface area contributed by atoms with Crippen LogP contribution in [0.4, 0.5) is 0 Å². The van der Waals surface area contributed by atoms with Crippen LogP contribution in [0.1, 0.15) is 72.6 Å². The van der Waals surface area contributed by atoms with Crippen molar-refractivity contribution in [1.82, 2.24) is 0 Å². The van der Waals surface area contributed by atoms with E-state index in [0.717, 1.165) is 44.9 Å². The predicted octanol–water partition coefficient (Wildman–Crippen LogP) is 4.32. The summed E-state index contributed by atoms with van der Waals surface area (Å²) in [6, 6.07) is 0. The maximum atomic E-state index is 14.0. The van der Waals surface area contributed by atoms with Gasteiger partial charge < -0.3 is 19.7 Å². The third kappa shape index (κ3) is 2.88. The van der Waals surface area contributed by atoms with E-state index in [1.807, 2.05) is 0 Å². The first-order chi connectivity index (χ1) is 15.5. The quantitative estimate of drug-likeness (QED) is 0.461. The normalized spacial score (nSPS) is 62.5. The molecule has 0 radical (unpaired) electrons. The highest BCUT2D eigenvalue weighted by Crippen LogP contribution is 2.70. The fourth-order valence-electron chi connectivity index (χ4n) is 10.1. The van der Waals surface area contributed by atoms with Crippen LogP contribution in [0.5, 0.6) is 0 Å². The minimum atomic E-state index is -0.946. The van der Waals surface area contributed by atoms with Crippen LogP contribution in [-0.2, 0) is 14.3 Å². The largest absolute Gasteiger partial charge is 0.393 e. The Morgan fingerprint density at radius 1 is 1.06 bits per heavy atom. The van der Waals surface area contributed by atoms with Crippen LogP contribution >= 0.6 is 15.9 Å². The second kappa shape index (κ2) is 7.50. The van der Waals surface area contributed by atoms with E-state index in [4.69, 9.17) is 9.47 Å². The maximum Gasteiger partial charge on any atom is 0.184 e. The minimum absolute atomic E-state index is 0.0309. The lowest BCUT2D eigenvalue weighted by Gasteiger charge is -2.61. The third-order valence-corrected chi connectivity index (χ3v) is 12.7. The zero-order valence-corrected chi connectivity index (χ0v) is 22.1. The first kappa shape index (κ1) is 23.4. The first-order valence-electron chi connectivity index (χ1n) is 13.4. The smallest absolute Gasteiger partial charge is 0.184 e. The van der Waals surface area contributed by atoms with Crippen molar-refractivity contribution in [2.24, 2.45) is 52.3 Å². The van der Waals surface area contributed by atoms with Crippen LogP contribution in [0.3, 0.4) is 0 Å². The summed E-state index contributed by atoms with van der Waals surface area (Å²) >= 11 is 3.90. The molecule has 33 heavy (non-hydrogen) atoms. The highest BCUT2D eigenvalue weighted by atomic mass is 79.9. The molecular weight excluding hydrogens is 484 g/mol. The number of ether oxygens (including phenoxy) is 2. The topological polar surface area (TPSA) is 76.0 Å². The molecule has 0 aromatic carbocycles. The maximum absolute atomic E-state index is 14.0. The van der Waals surface area contributed by atoms with E-state index in [0.29, 0.717) is 30.3 Å². The van der Waals surface area contributed by atoms with Gasteiger partial charge in [0.1, 0.15) is 6.10 Å². The number of Topliss-reactive ketones (excluding diaryl/α,β-unsaturated/α-hetero) is 1. The number of alkyl halides is 1. The summed E-state index contributed by atoms with van der Waals surface area (Å²) in [6.45, 7) is 9.61. The lowest BCUT2D eigenvalue weighted by atomic mass is 9.43. The number of hydrogen-bond acceptors (Lipinski definition) is 5. The highest BCUT2D eigenvalue weighted by Gasteiger charge is 2.74. The molecule has 6 aliphatic rings. The lowest BCUT2D eigenvalue weighted by molar-refractivity contribution is -0.268. The molecule has 4 saturated carbocycles. The Morgan fingerprint density at radius 2 is 1.82 bits per heavy atom. The number of carbonyl (C=O) groups excluding carboxylic acids is 1. The van der Waals surface area contributed by atoms with Gasteiger partial charge in [-0.3, -0.25) is 4.79 Å². The lowest BCUT2D eigenvalue weighted by Crippen LogP contribution is -2.64.